The molecule has 0 bridgehead atoms. The predicted molar refractivity (Wildman–Crippen MR) is 118 cm³/mol. The minimum atomic E-state index is -0.447. The lowest BCUT2D eigenvalue weighted by molar-refractivity contribution is -0.384. The van der Waals surface area contributed by atoms with Crippen LogP contribution < -0.4 is 0 Å². The summed E-state index contributed by atoms with van der Waals surface area (Å²) >= 11 is 7.67. The molecule has 0 aliphatic rings. The number of Topliss-reactive ketones (excluding diaryl/α,β-unsaturated/α-hetero) is 1. The fraction of sp³-hybridized carbons (Fsp3) is 0.0952. The van der Waals surface area contributed by atoms with Gasteiger partial charge in [0.25, 0.3) is 5.69 Å². The number of carbonyl (C=O) groups is 1. The second-order valence-electron chi connectivity index (χ2n) is 6.67. The zero-order valence-corrected chi connectivity index (χ0v) is 17.3. The van der Waals surface area contributed by atoms with E-state index in [-0.39, 0.29) is 17.2 Å². The van der Waals surface area contributed by atoms with E-state index in [4.69, 9.17) is 11.6 Å². The summed E-state index contributed by atoms with van der Waals surface area (Å²) in [4.78, 5) is 25.3. The molecule has 0 fully saturated rings. The van der Waals surface area contributed by atoms with Gasteiger partial charge in [-0.05, 0) is 41.6 Å². The summed E-state index contributed by atoms with van der Waals surface area (Å²) in [6, 6.07) is 16.2. The lowest BCUT2D eigenvalue weighted by Gasteiger charge is -2.08. The minimum absolute atomic E-state index is 0.0174. The maximum atomic E-state index is 11.5. The van der Waals surface area contributed by atoms with Crippen LogP contribution in [0.2, 0.25) is 5.02 Å². The Morgan fingerprint density at radius 1 is 1.10 bits per heavy atom. The molecule has 1 aromatic heterocycles. The quantitative estimate of drug-likeness (QED) is 0.241. The van der Waals surface area contributed by atoms with Crippen molar-refractivity contribution in [2.75, 3.05) is 5.75 Å². The minimum Gasteiger partial charge on any atom is -0.316 e. The van der Waals surface area contributed by atoms with Crippen LogP contribution in [0.5, 0.6) is 0 Å². The number of rotatable bonds is 6. The number of nitro benzene ring substituents is 1. The number of ketones is 1. The number of hydrogen-bond acceptors (Lipinski definition) is 6. The van der Waals surface area contributed by atoms with Crippen LogP contribution in [0.3, 0.4) is 0 Å². The number of benzene rings is 3. The molecule has 0 aliphatic carbocycles. The van der Waals surface area contributed by atoms with Gasteiger partial charge in [0.05, 0.1) is 10.7 Å². The van der Waals surface area contributed by atoms with Crippen LogP contribution in [0, 0.1) is 10.1 Å². The Morgan fingerprint density at radius 3 is 2.60 bits per heavy atom. The molecule has 7 nitrogen and oxygen atoms in total. The Labute approximate surface area is 180 Å². The normalized spacial score (nSPS) is 11.0. The van der Waals surface area contributed by atoms with Crippen molar-refractivity contribution in [2.24, 2.45) is 0 Å². The van der Waals surface area contributed by atoms with Gasteiger partial charge in [-0.2, -0.15) is 0 Å². The van der Waals surface area contributed by atoms with E-state index < -0.39 is 4.92 Å². The van der Waals surface area contributed by atoms with Gasteiger partial charge in [-0.3, -0.25) is 14.9 Å². The molecule has 30 heavy (non-hydrogen) atoms. The Balaban J connectivity index is 1.79. The smallest absolute Gasteiger partial charge is 0.270 e. The highest BCUT2D eigenvalue weighted by Crippen LogP contribution is 2.35. The van der Waals surface area contributed by atoms with Crippen LogP contribution in [0.4, 0.5) is 5.69 Å². The Kier molecular flexibility index (Phi) is 5.52. The first-order valence-corrected chi connectivity index (χ1v) is 10.3. The standard InChI is InChI=1S/C21H15ClN4O3S/c1-12(27)11-30-21-23-20(24-25-21)16-7-14(8-17(9-16)26(28)29)15-6-13-4-2-3-5-18(13)19(22)10-15/h2-10H,11H2,1H3,(H,23,24,25). The fourth-order valence-corrected chi connectivity index (χ4v) is 3.96. The average molecular weight is 439 g/mol. The number of hydrogen-bond donors (Lipinski definition) is 1. The largest absolute Gasteiger partial charge is 0.316 e. The number of aromatic nitrogens is 3. The maximum absolute atomic E-state index is 11.5. The van der Waals surface area contributed by atoms with Gasteiger partial charge in [-0.1, -0.05) is 47.6 Å². The van der Waals surface area contributed by atoms with E-state index in [0.717, 1.165) is 16.3 Å². The first kappa shape index (κ1) is 20.1. The molecule has 0 spiro atoms. The zero-order valence-electron chi connectivity index (χ0n) is 15.8. The Hall–Kier alpha value is -3.23. The van der Waals surface area contributed by atoms with Gasteiger partial charge in [0.1, 0.15) is 5.78 Å². The lowest BCUT2D eigenvalue weighted by atomic mass is 9.98. The number of aromatic amines is 1. The molecule has 1 N–H and O–H groups in total. The SMILES string of the molecule is CC(=O)CSc1nnc(-c2cc(-c3cc(Cl)c4ccccc4c3)cc([N+](=O)[O-])c2)[nH]1. The Morgan fingerprint density at radius 2 is 1.83 bits per heavy atom. The molecular weight excluding hydrogens is 424 g/mol. The van der Waals surface area contributed by atoms with Gasteiger partial charge in [0.2, 0.25) is 0 Å². The molecule has 150 valence electrons. The van der Waals surface area contributed by atoms with Gasteiger partial charge in [0.15, 0.2) is 11.0 Å². The summed E-state index contributed by atoms with van der Waals surface area (Å²) in [6.07, 6.45) is 0. The number of H-pyrrole nitrogens is 1. The average Bonchev–Trinajstić information content (AvgIpc) is 3.21. The second-order valence-corrected chi connectivity index (χ2v) is 8.05. The molecule has 0 saturated carbocycles. The monoisotopic (exact) mass is 438 g/mol. The van der Waals surface area contributed by atoms with Crippen LogP contribution in [0.15, 0.2) is 59.8 Å². The van der Waals surface area contributed by atoms with Crippen LogP contribution in [0.1, 0.15) is 6.92 Å². The highest BCUT2D eigenvalue weighted by molar-refractivity contribution is 7.99. The molecule has 9 heteroatoms. The van der Waals surface area contributed by atoms with E-state index in [2.05, 4.69) is 15.2 Å². The summed E-state index contributed by atoms with van der Waals surface area (Å²) in [6.45, 7) is 1.49. The highest BCUT2D eigenvalue weighted by Gasteiger charge is 2.16. The summed E-state index contributed by atoms with van der Waals surface area (Å²) < 4.78 is 0. The first-order valence-electron chi connectivity index (χ1n) is 8.94. The van der Waals surface area contributed by atoms with Gasteiger partial charge in [-0.25, -0.2) is 0 Å². The van der Waals surface area contributed by atoms with Crippen LogP contribution in [-0.2, 0) is 4.79 Å². The summed E-state index contributed by atoms with van der Waals surface area (Å²) in [7, 11) is 0. The molecule has 4 rings (SSSR count). The topological polar surface area (TPSA) is 102 Å². The molecule has 0 radical (unpaired) electrons. The number of fused-ring (bicyclic) bond motifs is 1. The van der Waals surface area contributed by atoms with Crippen molar-refractivity contribution in [1.82, 2.24) is 15.2 Å². The van der Waals surface area contributed by atoms with Crippen LogP contribution in [-0.4, -0.2) is 31.6 Å². The molecule has 4 aromatic rings. The van der Waals surface area contributed by atoms with Crippen LogP contribution >= 0.6 is 23.4 Å². The van der Waals surface area contributed by atoms with Crippen molar-refractivity contribution in [2.45, 2.75) is 12.1 Å². The molecule has 3 aromatic carbocycles. The van der Waals surface area contributed by atoms with Gasteiger partial charge >= 0.3 is 0 Å². The Bertz CT molecular complexity index is 1290. The molecule has 0 atom stereocenters. The number of thioether (sulfide) groups is 1. The highest BCUT2D eigenvalue weighted by atomic mass is 35.5. The molecule has 1 heterocycles. The van der Waals surface area contributed by atoms with Crippen LogP contribution in [0.25, 0.3) is 33.3 Å². The van der Waals surface area contributed by atoms with Crippen molar-refractivity contribution in [3.63, 3.8) is 0 Å². The van der Waals surface area contributed by atoms with Crippen molar-refractivity contribution < 1.29 is 9.72 Å². The number of nitrogens with zero attached hydrogens (tertiary/aromatic N) is 3. The molecule has 0 aliphatic heterocycles. The van der Waals surface area contributed by atoms with Crippen molar-refractivity contribution in [1.29, 1.82) is 0 Å². The fourth-order valence-electron chi connectivity index (χ4n) is 3.06. The van der Waals surface area contributed by atoms with Gasteiger partial charge in [-0.15, -0.1) is 10.2 Å². The summed E-state index contributed by atoms with van der Waals surface area (Å²) in [5.41, 5.74) is 1.85. The third-order valence-electron chi connectivity index (χ3n) is 4.42. The summed E-state index contributed by atoms with van der Waals surface area (Å²) in [5.74, 6) is 0.673. The van der Waals surface area contributed by atoms with Gasteiger partial charge < -0.3 is 4.98 Å². The molecule has 0 saturated heterocycles. The van der Waals surface area contributed by atoms with E-state index in [1.807, 2.05) is 30.3 Å². The number of halogens is 1. The predicted octanol–water partition coefficient (Wildman–Crippen LogP) is 5.53. The van der Waals surface area contributed by atoms with Crippen molar-refractivity contribution in [3.05, 3.63) is 69.7 Å². The lowest BCUT2D eigenvalue weighted by Crippen LogP contribution is -1.93. The molecule has 0 amide bonds. The second kappa shape index (κ2) is 8.25. The van der Waals surface area contributed by atoms with E-state index in [1.165, 1.54) is 30.8 Å². The number of nitro groups is 1. The molecular formula is C21H15ClN4O3S. The van der Waals surface area contributed by atoms with E-state index >= 15 is 0 Å². The van der Waals surface area contributed by atoms with Crippen molar-refractivity contribution >= 4 is 45.6 Å². The maximum Gasteiger partial charge on any atom is 0.270 e. The third kappa shape index (κ3) is 4.19. The number of carbonyl (C=O) groups excluding carboxylic acids is 1. The van der Waals surface area contributed by atoms with E-state index in [1.54, 1.807) is 12.1 Å². The summed E-state index contributed by atoms with van der Waals surface area (Å²) in [5, 5.41) is 22.5. The van der Waals surface area contributed by atoms with E-state index in [9.17, 15) is 14.9 Å². The van der Waals surface area contributed by atoms with Crippen molar-refractivity contribution in [3.8, 4) is 22.5 Å². The third-order valence-corrected chi connectivity index (χ3v) is 5.75. The first-order chi connectivity index (χ1) is 14.4. The number of nitrogens with one attached hydrogen (secondary N) is 1. The number of non-ortho nitro benzene ring substituents is 1. The van der Waals surface area contributed by atoms with E-state index in [0.29, 0.717) is 27.1 Å². The molecule has 0 unspecified atom stereocenters. The zero-order chi connectivity index (χ0) is 21.3. The van der Waals surface area contributed by atoms with Gasteiger partial charge in [0, 0.05) is 28.1 Å².